The van der Waals surface area contributed by atoms with E-state index in [9.17, 15) is 0 Å². The summed E-state index contributed by atoms with van der Waals surface area (Å²) >= 11 is -0.556. The van der Waals surface area contributed by atoms with Gasteiger partial charge in [0.15, 0.2) is 0 Å². The zero-order chi connectivity index (χ0) is 14.6. The quantitative estimate of drug-likeness (QED) is 0.529. The van der Waals surface area contributed by atoms with Crippen molar-refractivity contribution in [3.05, 3.63) is 63.2 Å². The Balaban J connectivity index is 0.000000154. The zero-order valence-electron chi connectivity index (χ0n) is 11.9. The molecule has 3 heteroatoms. The van der Waals surface area contributed by atoms with Crippen LogP contribution in [0.3, 0.4) is 0 Å². The van der Waals surface area contributed by atoms with Gasteiger partial charge in [-0.05, 0) is 93.3 Å². The molecule has 106 valence electrons. The summed E-state index contributed by atoms with van der Waals surface area (Å²) in [6, 6.07) is 0. The van der Waals surface area contributed by atoms with E-state index < -0.39 is 17.0 Å². The summed E-state index contributed by atoms with van der Waals surface area (Å²) in [7, 11) is 9.78. The van der Waals surface area contributed by atoms with Crippen LogP contribution in [0.25, 0.3) is 0 Å². The van der Waals surface area contributed by atoms with Gasteiger partial charge in [-0.25, -0.2) is 0 Å². The van der Waals surface area contributed by atoms with Gasteiger partial charge < -0.3 is 0 Å². The normalized spacial score (nSPS) is 34.0. The molecule has 10 radical (unpaired) electrons. The molecule has 0 saturated heterocycles. The molecule has 0 amide bonds. The van der Waals surface area contributed by atoms with Crippen LogP contribution in [0.5, 0.6) is 0 Å². The van der Waals surface area contributed by atoms with Gasteiger partial charge in [-0.15, -0.1) is 0 Å². The summed E-state index contributed by atoms with van der Waals surface area (Å²) in [5.74, 6) is 5.14. The van der Waals surface area contributed by atoms with E-state index in [1.54, 1.807) is 11.8 Å². The van der Waals surface area contributed by atoms with Crippen molar-refractivity contribution in [2.24, 2.45) is 17.3 Å². The molecular weight excluding hydrogens is 323 g/mol. The second-order valence-corrected chi connectivity index (χ2v) is 8.63. The van der Waals surface area contributed by atoms with E-state index in [0.29, 0.717) is 5.41 Å². The van der Waals surface area contributed by atoms with E-state index >= 15 is 0 Å². The van der Waals surface area contributed by atoms with E-state index in [2.05, 4.69) is 33.1 Å². The molecule has 0 spiro atoms. The first-order valence-electron chi connectivity index (χ1n) is 6.98. The van der Waals surface area contributed by atoms with Crippen molar-refractivity contribution in [1.82, 2.24) is 0 Å². The molecule has 5 aliphatic rings. The second kappa shape index (κ2) is 8.23. The molecule has 0 N–H and O–H groups in total. The van der Waals surface area contributed by atoms with E-state index in [-0.39, 0.29) is 0 Å². The predicted molar refractivity (Wildman–Crippen MR) is 82.6 cm³/mol. The molecule has 0 aliphatic heterocycles. The van der Waals surface area contributed by atoms with E-state index in [1.807, 2.05) is 32.1 Å². The third kappa shape index (κ3) is 3.98. The molecule has 5 fully saturated rings. The molecule has 5 rings (SSSR count). The van der Waals surface area contributed by atoms with Gasteiger partial charge in [0.05, 0.1) is 0 Å². The fourth-order valence-electron chi connectivity index (χ4n) is 3.47. The predicted octanol–water partition coefficient (Wildman–Crippen LogP) is 5.23. The van der Waals surface area contributed by atoms with E-state index in [0.717, 1.165) is 11.8 Å². The molecule has 2 bridgehead atoms. The van der Waals surface area contributed by atoms with Crippen molar-refractivity contribution >= 4 is 18.6 Å². The van der Waals surface area contributed by atoms with Crippen molar-refractivity contribution in [2.75, 3.05) is 0 Å². The fraction of sp³-hybridized carbons (Fsp3) is 0.412. The molecule has 0 aromatic heterocycles. The minimum absolute atomic E-state index is 0.556. The van der Waals surface area contributed by atoms with Gasteiger partial charge >= 0.3 is 35.6 Å². The molecule has 2 unspecified atom stereocenters. The van der Waals surface area contributed by atoms with Gasteiger partial charge in [-0.2, -0.15) is 0 Å². The van der Waals surface area contributed by atoms with Crippen LogP contribution in [-0.2, 0) is 17.0 Å². The summed E-state index contributed by atoms with van der Waals surface area (Å²) in [5.41, 5.74) is 0.599. The van der Waals surface area contributed by atoms with Crippen molar-refractivity contribution in [2.45, 2.75) is 26.7 Å². The van der Waals surface area contributed by atoms with Gasteiger partial charge in [0.2, 0.25) is 0 Å². The molecular formula is C17H20Cl2Ti. The molecule has 20 heavy (non-hydrogen) atoms. The Labute approximate surface area is 142 Å². The van der Waals surface area contributed by atoms with Crippen LogP contribution in [-0.4, -0.2) is 0 Å². The molecule has 0 nitrogen and oxygen atoms in total. The Morgan fingerprint density at radius 1 is 1.00 bits per heavy atom. The maximum atomic E-state index is 4.89. The third-order valence-electron chi connectivity index (χ3n) is 4.81. The molecule has 0 aromatic rings. The third-order valence-corrected chi connectivity index (χ3v) is 4.81. The monoisotopic (exact) mass is 342 g/mol. The summed E-state index contributed by atoms with van der Waals surface area (Å²) in [5, 5.41) is 0. The van der Waals surface area contributed by atoms with Crippen molar-refractivity contribution in [1.29, 1.82) is 0 Å². The van der Waals surface area contributed by atoms with Crippen molar-refractivity contribution < 1.29 is 17.0 Å². The number of halogens is 2. The number of rotatable bonds is 0. The van der Waals surface area contributed by atoms with Crippen LogP contribution < -0.4 is 0 Å². The first kappa shape index (κ1) is 17.6. The summed E-state index contributed by atoms with van der Waals surface area (Å²) in [4.78, 5) is 0. The molecule has 0 aromatic carbocycles. The standard InChI is InChI=1S/C12H15.C5H5.2ClH.Ti/c1-12(2)9-6-8-4-3-5-10(8)11(12)7-9;1-2-4-5-3-1;;;/h3-5,9,11H,6-7H2,1-2H3;1-5H;2*1H;/q;;;;+2/p-2. The fourth-order valence-corrected chi connectivity index (χ4v) is 3.47. The Bertz CT molecular complexity index is 281. The SMILES string of the molecule is CC1(C)C2C[C]3[CH][CH][CH][C]3C1C2.[CH]1[CH][CH][CH][CH]1.[Cl][Ti][Cl]. The summed E-state index contributed by atoms with van der Waals surface area (Å²) in [6.45, 7) is 4.86. The second-order valence-electron chi connectivity index (χ2n) is 6.05. The average molecular weight is 343 g/mol. The van der Waals surface area contributed by atoms with Crippen LogP contribution in [0.15, 0.2) is 0 Å². The zero-order valence-corrected chi connectivity index (χ0v) is 15.0. The molecule has 5 aliphatic carbocycles. The van der Waals surface area contributed by atoms with Gasteiger partial charge in [-0.3, -0.25) is 0 Å². The summed E-state index contributed by atoms with van der Waals surface area (Å²) in [6.07, 6.45) is 19.7. The van der Waals surface area contributed by atoms with Crippen molar-refractivity contribution in [3.8, 4) is 0 Å². The minimum atomic E-state index is -0.556. The van der Waals surface area contributed by atoms with Crippen LogP contribution in [0, 0.1) is 80.5 Å². The van der Waals surface area contributed by atoms with E-state index in [4.69, 9.17) is 18.6 Å². The Hall–Kier alpha value is 1.29. The van der Waals surface area contributed by atoms with Gasteiger partial charge in [0, 0.05) is 0 Å². The molecule has 5 saturated carbocycles. The average Bonchev–Trinajstić information content (AvgIpc) is 3.13. The topological polar surface area (TPSA) is 0 Å². The Morgan fingerprint density at radius 2 is 1.55 bits per heavy atom. The molecule has 0 heterocycles. The Morgan fingerprint density at radius 3 is 2.05 bits per heavy atom. The van der Waals surface area contributed by atoms with Crippen LogP contribution in [0.4, 0.5) is 0 Å². The van der Waals surface area contributed by atoms with Crippen LogP contribution in [0.1, 0.15) is 26.7 Å². The van der Waals surface area contributed by atoms with Gasteiger partial charge in [-0.1, -0.05) is 13.8 Å². The maximum absolute atomic E-state index is 4.89. The summed E-state index contributed by atoms with van der Waals surface area (Å²) < 4.78 is 0. The Kier molecular flexibility index (Phi) is 7.26. The molecule has 2 atom stereocenters. The number of hydrogen-bond donors (Lipinski definition) is 0. The van der Waals surface area contributed by atoms with Gasteiger partial charge in [0.25, 0.3) is 0 Å². The van der Waals surface area contributed by atoms with Gasteiger partial charge in [0.1, 0.15) is 0 Å². The first-order valence-corrected chi connectivity index (χ1v) is 11.3. The van der Waals surface area contributed by atoms with Crippen LogP contribution >= 0.6 is 18.6 Å². The van der Waals surface area contributed by atoms with Crippen LogP contribution in [0.2, 0.25) is 0 Å². The first-order chi connectivity index (χ1) is 9.61. The number of hydrogen-bond acceptors (Lipinski definition) is 0. The van der Waals surface area contributed by atoms with Crippen molar-refractivity contribution in [3.63, 3.8) is 0 Å². The van der Waals surface area contributed by atoms with E-state index in [1.165, 1.54) is 12.8 Å².